The SMILES string of the molecule is O=C(Cc1cccc(Cl)c1)N1CCC[C@H](n2ccnc2)C1. The molecule has 2 aromatic rings. The van der Waals surface area contributed by atoms with Crippen LogP contribution in [0.4, 0.5) is 0 Å². The van der Waals surface area contributed by atoms with Crippen LogP contribution < -0.4 is 0 Å². The number of carbonyl (C=O) groups is 1. The van der Waals surface area contributed by atoms with E-state index in [9.17, 15) is 4.79 Å². The Morgan fingerprint density at radius 1 is 1.43 bits per heavy atom. The first-order chi connectivity index (χ1) is 10.2. The van der Waals surface area contributed by atoms with Crippen LogP contribution in [0.2, 0.25) is 5.02 Å². The van der Waals surface area contributed by atoms with E-state index in [-0.39, 0.29) is 5.91 Å². The van der Waals surface area contributed by atoms with Gasteiger partial charge < -0.3 is 9.47 Å². The largest absolute Gasteiger partial charge is 0.340 e. The average molecular weight is 304 g/mol. The highest BCUT2D eigenvalue weighted by Crippen LogP contribution is 2.22. The molecule has 0 N–H and O–H groups in total. The van der Waals surface area contributed by atoms with Gasteiger partial charge in [0.1, 0.15) is 0 Å². The van der Waals surface area contributed by atoms with Crippen molar-refractivity contribution < 1.29 is 4.79 Å². The monoisotopic (exact) mass is 303 g/mol. The van der Waals surface area contributed by atoms with E-state index in [4.69, 9.17) is 11.6 Å². The van der Waals surface area contributed by atoms with Crippen LogP contribution in [0.15, 0.2) is 43.0 Å². The molecule has 1 amide bonds. The zero-order valence-corrected chi connectivity index (χ0v) is 12.5. The lowest BCUT2D eigenvalue weighted by Crippen LogP contribution is -2.41. The molecule has 1 aliphatic rings. The molecule has 21 heavy (non-hydrogen) atoms. The zero-order chi connectivity index (χ0) is 14.7. The van der Waals surface area contributed by atoms with Gasteiger partial charge in [-0.05, 0) is 30.5 Å². The minimum absolute atomic E-state index is 0.169. The van der Waals surface area contributed by atoms with Gasteiger partial charge in [0.25, 0.3) is 0 Å². The van der Waals surface area contributed by atoms with Crippen LogP contribution >= 0.6 is 11.6 Å². The molecular weight excluding hydrogens is 286 g/mol. The second-order valence-corrected chi connectivity index (χ2v) is 5.89. The molecule has 1 atom stereocenters. The maximum atomic E-state index is 12.5. The standard InChI is InChI=1S/C16H18ClN3O/c17-14-4-1-3-13(9-14)10-16(21)19-7-2-5-15(11-19)20-8-6-18-12-20/h1,3-4,6,8-9,12,15H,2,5,7,10-11H2/t15-/m0/s1. The van der Waals surface area contributed by atoms with Crippen LogP contribution in [0.3, 0.4) is 0 Å². The number of benzene rings is 1. The molecular formula is C16H18ClN3O. The Bertz CT molecular complexity index is 612. The van der Waals surface area contributed by atoms with Crippen LogP contribution in [0.25, 0.3) is 0 Å². The molecule has 0 spiro atoms. The molecule has 3 rings (SSSR count). The fourth-order valence-corrected chi connectivity index (χ4v) is 3.06. The number of rotatable bonds is 3. The number of carbonyl (C=O) groups excluding carboxylic acids is 1. The minimum atomic E-state index is 0.169. The van der Waals surface area contributed by atoms with E-state index < -0.39 is 0 Å². The summed E-state index contributed by atoms with van der Waals surface area (Å²) in [6.45, 7) is 1.60. The topological polar surface area (TPSA) is 38.1 Å². The van der Waals surface area contributed by atoms with Crippen LogP contribution in [0.5, 0.6) is 0 Å². The summed E-state index contributed by atoms with van der Waals surface area (Å²) in [6.07, 6.45) is 8.12. The number of aromatic nitrogens is 2. The normalized spacial score (nSPS) is 18.7. The fraction of sp³-hybridized carbons (Fsp3) is 0.375. The Hall–Kier alpha value is -1.81. The Balaban J connectivity index is 1.64. The van der Waals surface area contributed by atoms with E-state index in [1.54, 1.807) is 6.20 Å². The predicted octanol–water partition coefficient (Wildman–Crippen LogP) is 2.94. The number of nitrogens with zero attached hydrogens (tertiary/aromatic N) is 3. The maximum Gasteiger partial charge on any atom is 0.227 e. The van der Waals surface area contributed by atoms with Crippen LogP contribution in [0.1, 0.15) is 24.4 Å². The summed E-state index contributed by atoms with van der Waals surface area (Å²) < 4.78 is 2.10. The van der Waals surface area contributed by atoms with Crippen molar-refractivity contribution in [3.63, 3.8) is 0 Å². The van der Waals surface area contributed by atoms with E-state index in [2.05, 4.69) is 9.55 Å². The van der Waals surface area contributed by atoms with E-state index in [1.807, 2.05) is 41.7 Å². The van der Waals surface area contributed by atoms with Crippen molar-refractivity contribution in [2.75, 3.05) is 13.1 Å². The Labute approximate surface area is 129 Å². The lowest BCUT2D eigenvalue weighted by atomic mass is 10.0. The fourth-order valence-electron chi connectivity index (χ4n) is 2.84. The summed E-state index contributed by atoms with van der Waals surface area (Å²) in [4.78, 5) is 18.5. The molecule has 1 aliphatic heterocycles. The van der Waals surface area contributed by atoms with Crippen molar-refractivity contribution in [1.82, 2.24) is 14.5 Å². The molecule has 1 fully saturated rings. The van der Waals surface area contributed by atoms with Gasteiger partial charge in [0, 0.05) is 30.5 Å². The third-order valence-electron chi connectivity index (χ3n) is 3.94. The number of amides is 1. The number of hydrogen-bond acceptors (Lipinski definition) is 2. The molecule has 0 aliphatic carbocycles. The molecule has 0 bridgehead atoms. The van der Waals surface area contributed by atoms with Gasteiger partial charge in [-0.15, -0.1) is 0 Å². The lowest BCUT2D eigenvalue weighted by molar-refractivity contribution is -0.132. The van der Waals surface area contributed by atoms with Crippen LogP contribution in [0, 0.1) is 0 Å². The number of piperidine rings is 1. The minimum Gasteiger partial charge on any atom is -0.340 e. The van der Waals surface area contributed by atoms with E-state index in [0.29, 0.717) is 17.5 Å². The number of likely N-dealkylation sites (tertiary alicyclic amines) is 1. The summed E-state index contributed by atoms with van der Waals surface area (Å²) in [6, 6.07) is 7.85. The van der Waals surface area contributed by atoms with Gasteiger partial charge >= 0.3 is 0 Å². The van der Waals surface area contributed by atoms with Crippen molar-refractivity contribution in [2.45, 2.75) is 25.3 Å². The van der Waals surface area contributed by atoms with Gasteiger partial charge in [-0.1, -0.05) is 23.7 Å². The molecule has 1 saturated heterocycles. The van der Waals surface area contributed by atoms with Gasteiger partial charge in [0.2, 0.25) is 5.91 Å². The van der Waals surface area contributed by atoms with Crippen molar-refractivity contribution >= 4 is 17.5 Å². The highest BCUT2D eigenvalue weighted by molar-refractivity contribution is 6.30. The highest BCUT2D eigenvalue weighted by Gasteiger charge is 2.24. The van der Waals surface area contributed by atoms with Gasteiger partial charge in [0.15, 0.2) is 0 Å². The van der Waals surface area contributed by atoms with Gasteiger partial charge in [-0.25, -0.2) is 4.98 Å². The van der Waals surface area contributed by atoms with E-state index in [1.165, 1.54) is 0 Å². The average Bonchev–Trinajstić information content (AvgIpc) is 3.02. The third-order valence-corrected chi connectivity index (χ3v) is 4.18. The van der Waals surface area contributed by atoms with Crippen molar-refractivity contribution in [1.29, 1.82) is 0 Å². The second kappa shape index (κ2) is 6.31. The molecule has 1 aromatic heterocycles. The first-order valence-electron chi connectivity index (χ1n) is 7.22. The molecule has 0 unspecified atom stereocenters. The molecule has 1 aromatic carbocycles. The van der Waals surface area contributed by atoms with E-state index in [0.717, 1.165) is 31.5 Å². The lowest BCUT2D eigenvalue weighted by Gasteiger charge is -2.33. The molecule has 4 nitrogen and oxygen atoms in total. The first kappa shape index (κ1) is 14.1. The predicted molar refractivity (Wildman–Crippen MR) is 82.2 cm³/mol. The van der Waals surface area contributed by atoms with Crippen LogP contribution in [-0.4, -0.2) is 33.4 Å². The molecule has 110 valence electrons. The summed E-state index contributed by atoms with van der Waals surface area (Å²) in [5.74, 6) is 0.169. The zero-order valence-electron chi connectivity index (χ0n) is 11.8. The Morgan fingerprint density at radius 3 is 3.10 bits per heavy atom. The summed E-state index contributed by atoms with van der Waals surface area (Å²) >= 11 is 5.97. The molecule has 0 radical (unpaired) electrons. The summed E-state index contributed by atoms with van der Waals surface area (Å²) in [7, 11) is 0. The quantitative estimate of drug-likeness (QED) is 0.874. The molecule has 0 saturated carbocycles. The summed E-state index contributed by atoms with van der Waals surface area (Å²) in [5, 5.41) is 0.676. The van der Waals surface area contributed by atoms with Gasteiger partial charge in [-0.2, -0.15) is 0 Å². The molecule has 2 heterocycles. The summed E-state index contributed by atoms with van der Waals surface area (Å²) in [5.41, 5.74) is 0.970. The smallest absolute Gasteiger partial charge is 0.227 e. The molecule has 5 heteroatoms. The Morgan fingerprint density at radius 2 is 2.33 bits per heavy atom. The van der Waals surface area contributed by atoms with Crippen molar-refractivity contribution in [3.05, 3.63) is 53.6 Å². The Kier molecular flexibility index (Phi) is 4.25. The number of imidazole rings is 1. The maximum absolute atomic E-state index is 12.5. The van der Waals surface area contributed by atoms with E-state index >= 15 is 0 Å². The van der Waals surface area contributed by atoms with Crippen molar-refractivity contribution in [2.24, 2.45) is 0 Å². The van der Waals surface area contributed by atoms with Crippen molar-refractivity contribution in [3.8, 4) is 0 Å². The first-order valence-corrected chi connectivity index (χ1v) is 7.60. The van der Waals surface area contributed by atoms with Crippen LogP contribution in [-0.2, 0) is 11.2 Å². The third kappa shape index (κ3) is 3.45. The second-order valence-electron chi connectivity index (χ2n) is 5.45. The highest BCUT2D eigenvalue weighted by atomic mass is 35.5. The number of hydrogen-bond donors (Lipinski definition) is 0. The number of halogens is 1. The van der Waals surface area contributed by atoms with Gasteiger partial charge in [0.05, 0.1) is 18.8 Å². The van der Waals surface area contributed by atoms with Gasteiger partial charge in [-0.3, -0.25) is 4.79 Å².